The molecule has 3 atom stereocenters. The Labute approximate surface area is 98.4 Å². The van der Waals surface area contributed by atoms with Gasteiger partial charge in [0.25, 0.3) is 10.1 Å². The molecular formula is C12H22O3S. The van der Waals surface area contributed by atoms with Crippen molar-refractivity contribution in [1.29, 1.82) is 0 Å². The molecule has 2 saturated carbocycles. The SMILES string of the molecule is CC1CC2CCCC(CCS(=O)(=O)O)(C1)C2. The Bertz CT molecular complexity index is 345. The third-order valence-electron chi connectivity index (χ3n) is 4.45. The molecule has 3 unspecified atom stereocenters. The van der Waals surface area contributed by atoms with Gasteiger partial charge >= 0.3 is 0 Å². The number of rotatable bonds is 3. The van der Waals surface area contributed by atoms with Gasteiger partial charge in [0.2, 0.25) is 0 Å². The van der Waals surface area contributed by atoms with Gasteiger partial charge in [0, 0.05) is 0 Å². The van der Waals surface area contributed by atoms with E-state index in [1.807, 2.05) is 0 Å². The molecule has 0 heterocycles. The first-order valence-electron chi connectivity index (χ1n) is 6.34. The molecule has 3 nitrogen and oxygen atoms in total. The van der Waals surface area contributed by atoms with E-state index >= 15 is 0 Å². The second-order valence-electron chi connectivity index (χ2n) is 6.04. The fourth-order valence-electron chi connectivity index (χ4n) is 4.03. The van der Waals surface area contributed by atoms with Gasteiger partial charge in [0.1, 0.15) is 0 Å². The second kappa shape index (κ2) is 4.30. The summed E-state index contributed by atoms with van der Waals surface area (Å²) in [4.78, 5) is 0. The van der Waals surface area contributed by atoms with Gasteiger partial charge in [-0.25, -0.2) is 0 Å². The molecule has 0 spiro atoms. The molecule has 2 aliphatic carbocycles. The standard InChI is InChI=1S/C12H22O3S/c1-10-7-11-3-2-4-12(8-10,9-11)5-6-16(13,14)15/h10-11H,2-9H2,1H3,(H,13,14,15). The zero-order chi connectivity index (χ0) is 11.8. The van der Waals surface area contributed by atoms with Crippen molar-refractivity contribution in [2.24, 2.45) is 17.3 Å². The summed E-state index contributed by atoms with van der Waals surface area (Å²) >= 11 is 0. The molecule has 94 valence electrons. The Hall–Kier alpha value is -0.0900. The zero-order valence-electron chi connectivity index (χ0n) is 9.98. The monoisotopic (exact) mass is 246 g/mol. The molecule has 2 fully saturated rings. The van der Waals surface area contributed by atoms with Crippen LogP contribution in [0.3, 0.4) is 0 Å². The van der Waals surface area contributed by atoms with Crippen LogP contribution in [0.1, 0.15) is 51.9 Å². The van der Waals surface area contributed by atoms with Crippen LogP contribution in [-0.2, 0) is 10.1 Å². The van der Waals surface area contributed by atoms with Gasteiger partial charge in [-0.05, 0) is 49.4 Å². The zero-order valence-corrected chi connectivity index (χ0v) is 10.8. The van der Waals surface area contributed by atoms with Crippen molar-refractivity contribution in [2.75, 3.05) is 5.75 Å². The van der Waals surface area contributed by atoms with E-state index in [0.717, 1.165) is 24.7 Å². The van der Waals surface area contributed by atoms with Crippen molar-refractivity contribution in [3.8, 4) is 0 Å². The van der Waals surface area contributed by atoms with Crippen molar-refractivity contribution in [3.63, 3.8) is 0 Å². The molecule has 2 rings (SSSR count). The largest absolute Gasteiger partial charge is 0.286 e. The van der Waals surface area contributed by atoms with E-state index in [-0.39, 0.29) is 11.2 Å². The third-order valence-corrected chi connectivity index (χ3v) is 5.17. The Balaban J connectivity index is 2.04. The topological polar surface area (TPSA) is 54.4 Å². The lowest BCUT2D eigenvalue weighted by Gasteiger charge is -2.48. The summed E-state index contributed by atoms with van der Waals surface area (Å²) in [5, 5.41) is 0. The van der Waals surface area contributed by atoms with Crippen molar-refractivity contribution in [3.05, 3.63) is 0 Å². The van der Waals surface area contributed by atoms with E-state index in [4.69, 9.17) is 4.55 Å². The molecular weight excluding hydrogens is 224 g/mol. The Morgan fingerprint density at radius 1 is 1.38 bits per heavy atom. The minimum Gasteiger partial charge on any atom is -0.286 e. The smallest absolute Gasteiger partial charge is 0.264 e. The summed E-state index contributed by atoms with van der Waals surface area (Å²) in [6, 6.07) is 0. The number of hydrogen-bond donors (Lipinski definition) is 1. The van der Waals surface area contributed by atoms with Crippen LogP contribution >= 0.6 is 0 Å². The first kappa shape index (κ1) is 12.4. The molecule has 0 radical (unpaired) electrons. The molecule has 4 heteroatoms. The summed E-state index contributed by atoms with van der Waals surface area (Å²) in [5.41, 5.74) is 0.219. The van der Waals surface area contributed by atoms with E-state index in [9.17, 15) is 8.42 Å². The van der Waals surface area contributed by atoms with Crippen molar-refractivity contribution >= 4 is 10.1 Å². The summed E-state index contributed by atoms with van der Waals surface area (Å²) in [7, 11) is -3.78. The van der Waals surface area contributed by atoms with Gasteiger partial charge in [0.05, 0.1) is 5.75 Å². The summed E-state index contributed by atoms with van der Waals surface area (Å²) in [6.45, 7) is 2.28. The highest BCUT2D eigenvalue weighted by Gasteiger charge is 2.41. The van der Waals surface area contributed by atoms with Crippen molar-refractivity contribution in [2.45, 2.75) is 51.9 Å². The maximum atomic E-state index is 10.9. The Morgan fingerprint density at radius 2 is 2.12 bits per heavy atom. The molecule has 1 N–H and O–H groups in total. The van der Waals surface area contributed by atoms with Crippen molar-refractivity contribution < 1.29 is 13.0 Å². The lowest BCUT2D eigenvalue weighted by molar-refractivity contribution is 0.0424. The fraction of sp³-hybridized carbons (Fsp3) is 1.00. The lowest BCUT2D eigenvalue weighted by atomic mass is 9.58. The highest BCUT2D eigenvalue weighted by molar-refractivity contribution is 7.85. The molecule has 2 bridgehead atoms. The van der Waals surface area contributed by atoms with Gasteiger partial charge in [-0.1, -0.05) is 19.8 Å². The van der Waals surface area contributed by atoms with Crippen LogP contribution < -0.4 is 0 Å². The molecule has 0 aromatic heterocycles. The molecule has 0 amide bonds. The van der Waals surface area contributed by atoms with Gasteiger partial charge in [-0.2, -0.15) is 8.42 Å². The first-order chi connectivity index (χ1) is 7.39. The van der Waals surface area contributed by atoms with Crippen molar-refractivity contribution in [1.82, 2.24) is 0 Å². The van der Waals surface area contributed by atoms with Gasteiger partial charge in [0.15, 0.2) is 0 Å². The van der Waals surface area contributed by atoms with Crippen LogP contribution in [0.2, 0.25) is 0 Å². The van der Waals surface area contributed by atoms with E-state index < -0.39 is 10.1 Å². The van der Waals surface area contributed by atoms with E-state index in [2.05, 4.69) is 6.92 Å². The average molecular weight is 246 g/mol. The Morgan fingerprint density at radius 3 is 2.81 bits per heavy atom. The molecule has 0 aromatic carbocycles. The summed E-state index contributed by atoms with van der Waals surface area (Å²) in [6.07, 6.45) is 8.02. The fourth-order valence-corrected chi connectivity index (χ4v) is 4.73. The number of fused-ring (bicyclic) bond motifs is 2. The quantitative estimate of drug-likeness (QED) is 0.779. The van der Waals surface area contributed by atoms with Crippen LogP contribution in [0, 0.1) is 17.3 Å². The van der Waals surface area contributed by atoms with Crippen LogP contribution in [-0.4, -0.2) is 18.7 Å². The predicted molar refractivity (Wildman–Crippen MR) is 63.8 cm³/mol. The normalized spacial score (nSPS) is 39.6. The summed E-state index contributed by atoms with van der Waals surface area (Å²) in [5.74, 6) is 1.48. The van der Waals surface area contributed by atoms with Crippen LogP contribution in [0.15, 0.2) is 0 Å². The predicted octanol–water partition coefficient (Wildman–Crippen LogP) is 2.87. The molecule has 0 saturated heterocycles. The summed E-state index contributed by atoms with van der Waals surface area (Å²) < 4.78 is 30.6. The average Bonchev–Trinajstić information content (AvgIpc) is 2.13. The lowest BCUT2D eigenvalue weighted by Crippen LogP contribution is -2.37. The molecule has 2 aliphatic rings. The highest BCUT2D eigenvalue weighted by Crippen LogP contribution is 2.52. The maximum Gasteiger partial charge on any atom is 0.264 e. The van der Waals surface area contributed by atoms with Gasteiger partial charge in [-0.3, -0.25) is 4.55 Å². The third kappa shape index (κ3) is 2.98. The van der Waals surface area contributed by atoms with Crippen LogP contribution in [0.25, 0.3) is 0 Å². The minimum absolute atomic E-state index is 0.0492. The van der Waals surface area contributed by atoms with Gasteiger partial charge in [-0.15, -0.1) is 0 Å². The van der Waals surface area contributed by atoms with E-state index in [1.165, 1.54) is 25.7 Å². The van der Waals surface area contributed by atoms with E-state index in [0.29, 0.717) is 6.42 Å². The van der Waals surface area contributed by atoms with Gasteiger partial charge < -0.3 is 0 Å². The van der Waals surface area contributed by atoms with Crippen LogP contribution in [0.4, 0.5) is 0 Å². The second-order valence-corrected chi connectivity index (χ2v) is 7.62. The van der Waals surface area contributed by atoms with E-state index in [1.54, 1.807) is 0 Å². The molecule has 0 aliphatic heterocycles. The van der Waals surface area contributed by atoms with Crippen LogP contribution in [0.5, 0.6) is 0 Å². The number of hydrogen-bond acceptors (Lipinski definition) is 2. The maximum absolute atomic E-state index is 10.9. The highest BCUT2D eigenvalue weighted by atomic mass is 32.2. The minimum atomic E-state index is -3.78. The Kier molecular flexibility index (Phi) is 3.32. The molecule has 0 aromatic rings. The molecule has 16 heavy (non-hydrogen) atoms. The first-order valence-corrected chi connectivity index (χ1v) is 7.95.